The molecule has 0 radical (unpaired) electrons. The van der Waals surface area contributed by atoms with Crippen LogP contribution in [-0.2, 0) is 4.79 Å². The number of benzene rings is 2. The number of primary amides is 1. The fourth-order valence-electron chi connectivity index (χ4n) is 2.92. The first-order valence-electron chi connectivity index (χ1n) is 8.35. The first kappa shape index (κ1) is 16.5. The molecule has 0 aliphatic heterocycles. The minimum absolute atomic E-state index is 0.289. The number of pyridine rings is 1. The van der Waals surface area contributed by atoms with Gasteiger partial charge in [-0.05, 0) is 42.5 Å². The van der Waals surface area contributed by atoms with Crippen molar-refractivity contribution in [2.75, 3.05) is 5.32 Å². The summed E-state index contributed by atoms with van der Waals surface area (Å²) in [5.74, 6) is -0.797. The average molecular weight is 356 g/mol. The third kappa shape index (κ3) is 3.41. The molecule has 2 aromatic carbocycles. The standard InChI is InChI=1S/C21H16N4O2/c22-21(27)13-5-7-14(8-6-13)24-20(26)10-9-15-11-17-16-3-1-2-4-18(16)25-19(17)12-23-15/h1-12,25H,(H2,22,27)(H,24,26)/b10-9+. The maximum atomic E-state index is 12.1. The highest BCUT2D eigenvalue weighted by Crippen LogP contribution is 2.25. The van der Waals surface area contributed by atoms with E-state index >= 15 is 0 Å². The second-order valence-corrected chi connectivity index (χ2v) is 6.09. The Morgan fingerprint density at radius 2 is 1.78 bits per heavy atom. The van der Waals surface area contributed by atoms with Gasteiger partial charge in [-0.15, -0.1) is 0 Å². The molecule has 2 amide bonds. The van der Waals surface area contributed by atoms with Crippen LogP contribution in [0.2, 0.25) is 0 Å². The molecule has 2 heterocycles. The van der Waals surface area contributed by atoms with Gasteiger partial charge in [-0.3, -0.25) is 14.6 Å². The van der Waals surface area contributed by atoms with Gasteiger partial charge in [0.15, 0.2) is 0 Å². The minimum atomic E-state index is -0.508. The maximum Gasteiger partial charge on any atom is 0.248 e. The molecule has 0 bridgehead atoms. The Balaban J connectivity index is 1.52. The largest absolute Gasteiger partial charge is 0.366 e. The Hall–Kier alpha value is -3.93. The number of fused-ring (bicyclic) bond motifs is 3. The van der Waals surface area contributed by atoms with E-state index in [2.05, 4.69) is 15.3 Å². The molecule has 6 nitrogen and oxygen atoms in total. The van der Waals surface area contributed by atoms with E-state index in [1.807, 2.05) is 30.3 Å². The second kappa shape index (κ2) is 6.76. The molecule has 4 aromatic rings. The van der Waals surface area contributed by atoms with Gasteiger partial charge < -0.3 is 16.0 Å². The molecular formula is C21H16N4O2. The molecule has 0 atom stereocenters. The monoisotopic (exact) mass is 356 g/mol. The zero-order valence-electron chi connectivity index (χ0n) is 14.3. The van der Waals surface area contributed by atoms with Gasteiger partial charge in [-0.2, -0.15) is 0 Å². The lowest BCUT2D eigenvalue weighted by Crippen LogP contribution is -2.11. The molecule has 0 aliphatic rings. The number of carbonyl (C=O) groups is 2. The van der Waals surface area contributed by atoms with Crippen LogP contribution in [0.1, 0.15) is 16.1 Å². The lowest BCUT2D eigenvalue weighted by Gasteiger charge is -2.02. The SMILES string of the molecule is NC(=O)c1ccc(NC(=O)/C=C/c2cc3c(cn2)[nH]c2ccccc23)cc1. The van der Waals surface area contributed by atoms with Crippen LogP contribution in [0.5, 0.6) is 0 Å². The van der Waals surface area contributed by atoms with Crippen LogP contribution in [0.3, 0.4) is 0 Å². The highest BCUT2D eigenvalue weighted by atomic mass is 16.1. The highest BCUT2D eigenvalue weighted by Gasteiger charge is 2.05. The Kier molecular flexibility index (Phi) is 4.14. The van der Waals surface area contributed by atoms with Crippen molar-refractivity contribution in [3.63, 3.8) is 0 Å². The molecule has 6 heteroatoms. The third-order valence-corrected chi connectivity index (χ3v) is 4.25. The molecule has 0 saturated heterocycles. The molecule has 0 fully saturated rings. The predicted molar refractivity (Wildman–Crippen MR) is 106 cm³/mol. The van der Waals surface area contributed by atoms with Crippen molar-refractivity contribution < 1.29 is 9.59 Å². The average Bonchev–Trinajstić information content (AvgIpc) is 3.05. The number of carbonyl (C=O) groups excluding carboxylic acids is 2. The molecule has 2 aromatic heterocycles. The summed E-state index contributed by atoms with van der Waals surface area (Å²) in [5, 5.41) is 4.90. The fourth-order valence-corrected chi connectivity index (χ4v) is 2.92. The Morgan fingerprint density at radius 1 is 1.00 bits per heavy atom. The van der Waals surface area contributed by atoms with E-state index in [1.165, 1.54) is 6.08 Å². The number of hydrogen-bond donors (Lipinski definition) is 3. The fraction of sp³-hybridized carbons (Fsp3) is 0. The Morgan fingerprint density at radius 3 is 2.56 bits per heavy atom. The van der Waals surface area contributed by atoms with Crippen molar-refractivity contribution in [1.29, 1.82) is 0 Å². The molecule has 4 N–H and O–H groups in total. The Labute approximate surface area is 154 Å². The number of aromatic amines is 1. The number of anilines is 1. The molecule has 0 spiro atoms. The first-order chi connectivity index (χ1) is 13.1. The van der Waals surface area contributed by atoms with Crippen molar-refractivity contribution in [1.82, 2.24) is 9.97 Å². The number of hydrogen-bond acceptors (Lipinski definition) is 3. The summed E-state index contributed by atoms with van der Waals surface area (Å²) < 4.78 is 0. The zero-order valence-corrected chi connectivity index (χ0v) is 14.3. The predicted octanol–water partition coefficient (Wildman–Crippen LogP) is 3.47. The maximum absolute atomic E-state index is 12.1. The summed E-state index contributed by atoms with van der Waals surface area (Å²) in [6.45, 7) is 0. The number of amides is 2. The summed E-state index contributed by atoms with van der Waals surface area (Å²) in [5.41, 5.74) is 8.85. The third-order valence-electron chi connectivity index (χ3n) is 4.25. The number of H-pyrrole nitrogens is 1. The molecule has 4 rings (SSSR count). The number of para-hydroxylation sites is 1. The van der Waals surface area contributed by atoms with Gasteiger partial charge in [0.05, 0.1) is 17.4 Å². The van der Waals surface area contributed by atoms with E-state index in [0.29, 0.717) is 16.9 Å². The van der Waals surface area contributed by atoms with Gasteiger partial charge in [0.2, 0.25) is 11.8 Å². The lowest BCUT2D eigenvalue weighted by molar-refractivity contribution is -0.111. The van der Waals surface area contributed by atoms with Gasteiger partial charge in [0.1, 0.15) is 0 Å². The summed E-state index contributed by atoms with van der Waals surface area (Å²) in [4.78, 5) is 30.8. The van der Waals surface area contributed by atoms with Crippen molar-refractivity contribution >= 4 is 45.4 Å². The number of nitrogens with one attached hydrogen (secondary N) is 2. The van der Waals surface area contributed by atoms with Crippen molar-refractivity contribution in [3.8, 4) is 0 Å². The normalized spacial score (nSPS) is 11.3. The van der Waals surface area contributed by atoms with Crippen LogP contribution in [0.15, 0.2) is 66.9 Å². The topological polar surface area (TPSA) is 101 Å². The van der Waals surface area contributed by atoms with Crippen LogP contribution in [0.4, 0.5) is 5.69 Å². The zero-order chi connectivity index (χ0) is 18.8. The molecule has 0 saturated carbocycles. The quantitative estimate of drug-likeness (QED) is 0.488. The Bertz CT molecular complexity index is 1190. The van der Waals surface area contributed by atoms with E-state index in [9.17, 15) is 9.59 Å². The summed E-state index contributed by atoms with van der Waals surface area (Å²) in [6.07, 6.45) is 4.84. The van der Waals surface area contributed by atoms with Crippen molar-refractivity contribution in [2.45, 2.75) is 0 Å². The minimum Gasteiger partial charge on any atom is -0.366 e. The molecule has 0 aliphatic carbocycles. The van der Waals surface area contributed by atoms with E-state index < -0.39 is 5.91 Å². The molecule has 132 valence electrons. The van der Waals surface area contributed by atoms with Crippen LogP contribution in [0.25, 0.3) is 27.9 Å². The van der Waals surface area contributed by atoms with Gasteiger partial charge >= 0.3 is 0 Å². The second-order valence-electron chi connectivity index (χ2n) is 6.09. The van der Waals surface area contributed by atoms with Crippen LogP contribution >= 0.6 is 0 Å². The van der Waals surface area contributed by atoms with Crippen LogP contribution in [-0.4, -0.2) is 21.8 Å². The van der Waals surface area contributed by atoms with Gasteiger partial charge in [0.25, 0.3) is 0 Å². The van der Waals surface area contributed by atoms with Crippen LogP contribution in [0, 0.1) is 0 Å². The molecule has 0 unspecified atom stereocenters. The van der Waals surface area contributed by atoms with Crippen LogP contribution < -0.4 is 11.1 Å². The summed E-state index contributed by atoms with van der Waals surface area (Å²) in [6, 6.07) is 16.4. The van der Waals surface area contributed by atoms with Gasteiger partial charge in [0, 0.05) is 33.6 Å². The number of rotatable bonds is 4. The smallest absolute Gasteiger partial charge is 0.248 e. The summed E-state index contributed by atoms with van der Waals surface area (Å²) in [7, 11) is 0. The lowest BCUT2D eigenvalue weighted by atomic mass is 10.1. The van der Waals surface area contributed by atoms with Crippen molar-refractivity contribution in [2.24, 2.45) is 5.73 Å². The van der Waals surface area contributed by atoms with Crippen molar-refractivity contribution in [3.05, 3.63) is 78.1 Å². The molecule has 27 heavy (non-hydrogen) atoms. The van der Waals surface area contributed by atoms with E-state index in [0.717, 1.165) is 21.8 Å². The number of nitrogens with zero attached hydrogens (tertiary/aromatic N) is 1. The highest BCUT2D eigenvalue weighted by molar-refractivity contribution is 6.08. The number of aromatic nitrogens is 2. The summed E-state index contributed by atoms with van der Waals surface area (Å²) >= 11 is 0. The van der Waals surface area contributed by atoms with E-state index in [-0.39, 0.29) is 5.91 Å². The van der Waals surface area contributed by atoms with Gasteiger partial charge in [-0.25, -0.2) is 0 Å². The molecular weight excluding hydrogens is 340 g/mol. The van der Waals surface area contributed by atoms with E-state index in [4.69, 9.17) is 5.73 Å². The van der Waals surface area contributed by atoms with E-state index in [1.54, 1.807) is 36.5 Å². The van der Waals surface area contributed by atoms with Gasteiger partial charge in [-0.1, -0.05) is 18.2 Å². The number of nitrogens with two attached hydrogens (primary N) is 1. The first-order valence-corrected chi connectivity index (χ1v) is 8.35.